The molecule has 10 heteroatoms. The number of carbonyl (C=O) groups excluding carboxylic acids is 1. The number of hydrogen-bond acceptors (Lipinski definition) is 8. The Morgan fingerprint density at radius 1 is 1.27 bits per heavy atom. The van der Waals surface area contributed by atoms with Crippen LogP contribution in [0.3, 0.4) is 0 Å². The molecule has 0 atom stereocenters. The molecule has 1 aromatic carbocycles. The van der Waals surface area contributed by atoms with E-state index in [2.05, 4.69) is 34.6 Å². The van der Waals surface area contributed by atoms with E-state index in [9.17, 15) is 4.79 Å². The van der Waals surface area contributed by atoms with Crippen LogP contribution in [0.1, 0.15) is 28.9 Å². The predicted octanol–water partition coefficient (Wildman–Crippen LogP) is 3.87. The van der Waals surface area contributed by atoms with Crippen LogP contribution in [0.4, 0.5) is 5.95 Å². The molecule has 0 fully saturated rings. The first-order valence-electron chi connectivity index (χ1n) is 10.6. The molecular formula is C23H21IN6O3. The Balaban J connectivity index is 1.39. The SMILES string of the molecule is Cc1nc(CCC(=O)OI)ccc1-c1cnc(NCc2cccc3c2CCO3)n2cnnc12. The van der Waals surface area contributed by atoms with Crippen LogP contribution in [-0.2, 0) is 27.2 Å². The lowest BCUT2D eigenvalue weighted by atomic mass is 10.1. The van der Waals surface area contributed by atoms with Crippen molar-refractivity contribution in [2.75, 3.05) is 11.9 Å². The second-order valence-electron chi connectivity index (χ2n) is 7.75. The maximum absolute atomic E-state index is 11.4. The van der Waals surface area contributed by atoms with Gasteiger partial charge in [0.05, 0.1) is 13.0 Å². The van der Waals surface area contributed by atoms with Crippen LogP contribution < -0.4 is 10.1 Å². The molecule has 0 amide bonds. The third kappa shape index (κ3) is 4.34. The fourth-order valence-corrected chi connectivity index (χ4v) is 4.30. The minimum absolute atomic E-state index is 0.260. The van der Waals surface area contributed by atoms with E-state index in [0.717, 1.165) is 41.3 Å². The molecule has 168 valence electrons. The molecule has 1 N–H and O–H groups in total. The van der Waals surface area contributed by atoms with Crippen LogP contribution >= 0.6 is 23.0 Å². The molecule has 3 aromatic heterocycles. The number of nitrogens with one attached hydrogen (secondary N) is 1. The Labute approximate surface area is 204 Å². The summed E-state index contributed by atoms with van der Waals surface area (Å²) in [7, 11) is 0. The summed E-state index contributed by atoms with van der Waals surface area (Å²) in [5.41, 5.74) is 6.57. The maximum Gasteiger partial charge on any atom is 0.315 e. The van der Waals surface area contributed by atoms with E-state index < -0.39 is 0 Å². The number of aryl methyl sites for hydroxylation is 2. The fraction of sp³-hybridized carbons (Fsp3) is 0.261. The lowest BCUT2D eigenvalue weighted by molar-refractivity contribution is -0.131. The van der Waals surface area contributed by atoms with Crippen LogP contribution in [0.15, 0.2) is 42.9 Å². The van der Waals surface area contributed by atoms with E-state index in [-0.39, 0.29) is 5.97 Å². The predicted molar refractivity (Wildman–Crippen MR) is 130 cm³/mol. The van der Waals surface area contributed by atoms with Gasteiger partial charge in [0.25, 0.3) is 0 Å². The van der Waals surface area contributed by atoms with Gasteiger partial charge in [-0.25, -0.2) is 4.98 Å². The molecule has 0 aliphatic carbocycles. The Kier molecular flexibility index (Phi) is 6.07. The van der Waals surface area contributed by atoms with Crippen LogP contribution in [0, 0.1) is 6.92 Å². The number of aromatic nitrogens is 5. The standard InChI is InChI=1S/C23H21IN6O3/c1-14-17(7-5-16(28-14)6-8-21(31)33-24)19-12-26-23(30-13-27-29-22(19)30)25-11-15-3-2-4-20-18(15)9-10-32-20/h2-5,7,12-13H,6,8-11H2,1H3,(H,25,26). The van der Waals surface area contributed by atoms with Gasteiger partial charge in [0.2, 0.25) is 5.95 Å². The lowest BCUT2D eigenvalue weighted by Gasteiger charge is -2.13. The first kappa shape index (κ1) is 21.6. The second kappa shape index (κ2) is 9.30. The van der Waals surface area contributed by atoms with Gasteiger partial charge in [-0.15, -0.1) is 10.2 Å². The molecule has 33 heavy (non-hydrogen) atoms. The zero-order valence-electron chi connectivity index (χ0n) is 17.9. The monoisotopic (exact) mass is 556 g/mol. The van der Waals surface area contributed by atoms with Crippen molar-refractivity contribution in [2.45, 2.75) is 32.7 Å². The summed E-state index contributed by atoms with van der Waals surface area (Å²) in [5.74, 6) is 1.36. The minimum Gasteiger partial charge on any atom is -0.493 e. The number of fused-ring (bicyclic) bond motifs is 2. The van der Waals surface area contributed by atoms with Crippen LogP contribution in [-0.4, -0.2) is 37.1 Å². The number of hydrogen-bond donors (Lipinski definition) is 1. The maximum atomic E-state index is 11.4. The molecular weight excluding hydrogens is 535 g/mol. The van der Waals surface area contributed by atoms with Gasteiger partial charge in [-0.1, -0.05) is 18.2 Å². The van der Waals surface area contributed by atoms with Crippen molar-refractivity contribution in [3.63, 3.8) is 0 Å². The molecule has 0 bridgehead atoms. The third-order valence-electron chi connectivity index (χ3n) is 5.71. The Morgan fingerprint density at radius 2 is 2.18 bits per heavy atom. The van der Waals surface area contributed by atoms with Gasteiger partial charge >= 0.3 is 5.97 Å². The number of carbonyl (C=O) groups is 1. The van der Waals surface area contributed by atoms with E-state index >= 15 is 0 Å². The molecule has 0 saturated heterocycles. The number of nitrogens with zero attached hydrogens (tertiary/aromatic N) is 5. The number of halogens is 1. The highest BCUT2D eigenvalue weighted by Gasteiger charge is 2.17. The normalized spacial score (nSPS) is 12.4. The number of rotatable bonds is 7. The number of benzene rings is 1. The van der Waals surface area contributed by atoms with Crippen molar-refractivity contribution >= 4 is 40.6 Å². The van der Waals surface area contributed by atoms with Crippen molar-refractivity contribution in [1.29, 1.82) is 0 Å². The van der Waals surface area contributed by atoms with Crippen LogP contribution in [0.5, 0.6) is 5.75 Å². The van der Waals surface area contributed by atoms with Crippen LogP contribution in [0.2, 0.25) is 0 Å². The van der Waals surface area contributed by atoms with Crippen molar-refractivity contribution in [3.8, 4) is 16.9 Å². The molecule has 1 aliphatic heterocycles. The first-order valence-corrected chi connectivity index (χ1v) is 11.5. The summed E-state index contributed by atoms with van der Waals surface area (Å²) in [6.07, 6.45) is 5.19. The largest absolute Gasteiger partial charge is 0.493 e. The fourth-order valence-electron chi connectivity index (χ4n) is 4.08. The van der Waals surface area contributed by atoms with E-state index in [1.165, 1.54) is 11.1 Å². The number of anilines is 1. The van der Waals surface area contributed by atoms with Gasteiger partial charge in [-0.05, 0) is 24.6 Å². The van der Waals surface area contributed by atoms with Gasteiger partial charge in [-0.2, -0.15) is 0 Å². The van der Waals surface area contributed by atoms with Gasteiger partial charge in [0.1, 0.15) is 12.1 Å². The Hall–Kier alpha value is -3.28. The highest BCUT2D eigenvalue weighted by Crippen LogP contribution is 2.30. The average molecular weight is 556 g/mol. The smallest absolute Gasteiger partial charge is 0.315 e. The van der Waals surface area contributed by atoms with Gasteiger partial charge in [-0.3, -0.25) is 14.2 Å². The van der Waals surface area contributed by atoms with Gasteiger partial charge < -0.3 is 13.1 Å². The highest BCUT2D eigenvalue weighted by molar-refractivity contribution is 14.1. The molecule has 0 unspecified atom stereocenters. The molecule has 0 saturated carbocycles. The summed E-state index contributed by atoms with van der Waals surface area (Å²) < 4.78 is 12.2. The Bertz CT molecular complexity index is 1340. The van der Waals surface area contributed by atoms with Crippen molar-refractivity contribution < 1.29 is 12.6 Å². The molecule has 0 radical (unpaired) electrons. The van der Waals surface area contributed by atoms with E-state index in [4.69, 9.17) is 4.74 Å². The molecule has 4 aromatic rings. The minimum atomic E-state index is -0.260. The number of pyridine rings is 1. The molecule has 5 rings (SSSR count). The molecule has 0 spiro atoms. The van der Waals surface area contributed by atoms with Gasteiger partial charge in [0, 0.05) is 53.7 Å². The average Bonchev–Trinajstić information content (AvgIpc) is 3.51. The number of ether oxygens (including phenoxy) is 1. The van der Waals surface area contributed by atoms with Crippen molar-refractivity contribution in [3.05, 3.63) is 65.4 Å². The second-order valence-corrected chi connectivity index (χ2v) is 8.19. The topological polar surface area (TPSA) is 104 Å². The quantitative estimate of drug-likeness (QED) is 0.343. The first-order chi connectivity index (χ1) is 16.1. The zero-order valence-corrected chi connectivity index (χ0v) is 20.1. The summed E-state index contributed by atoms with van der Waals surface area (Å²) in [4.78, 5) is 20.7. The summed E-state index contributed by atoms with van der Waals surface area (Å²) in [6.45, 7) is 3.29. The lowest BCUT2D eigenvalue weighted by Crippen LogP contribution is -2.08. The zero-order chi connectivity index (χ0) is 22.8. The highest BCUT2D eigenvalue weighted by atomic mass is 127. The molecule has 1 aliphatic rings. The van der Waals surface area contributed by atoms with Crippen LogP contribution in [0.25, 0.3) is 16.8 Å². The van der Waals surface area contributed by atoms with E-state index in [0.29, 0.717) is 31.0 Å². The van der Waals surface area contributed by atoms with E-state index in [1.54, 1.807) is 35.5 Å². The van der Waals surface area contributed by atoms with E-state index in [1.807, 2.05) is 35.6 Å². The summed E-state index contributed by atoms with van der Waals surface area (Å²) in [6, 6.07) is 10.0. The summed E-state index contributed by atoms with van der Waals surface area (Å²) in [5, 5.41) is 11.8. The Morgan fingerprint density at radius 3 is 3.03 bits per heavy atom. The molecule has 4 heterocycles. The van der Waals surface area contributed by atoms with Crippen molar-refractivity contribution in [2.24, 2.45) is 0 Å². The molecule has 9 nitrogen and oxygen atoms in total. The third-order valence-corrected chi connectivity index (χ3v) is 6.21. The van der Waals surface area contributed by atoms with Gasteiger partial charge in [0.15, 0.2) is 28.7 Å². The summed E-state index contributed by atoms with van der Waals surface area (Å²) >= 11 is 1.60. The van der Waals surface area contributed by atoms with Crippen molar-refractivity contribution in [1.82, 2.24) is 24.6 Å².